The van der Waals surface area contributed by atoms with E-state index in [1.807, 2.05) is 0 Å². The highest BCUT2D eigenvalue weighted by Crippen LogP contribution is 2.34. The summed E-state index contributed by atoms with van der Waals surface area (Å²) in [5.74, 6) is 0. The average molecular weight is 116 g/mol. The van der Waals surface area contributed by atoms with Gasteiger partial charge in [-0.15, -0.1) is 4.20 Å². The Morgan fingerprint density at radius 3 is 1.50 bits per heavy atom. The molecular weight excluding hydrogens is 114 g/mol. The van der Waals surface area contributed by atoms with E-state index in [2.05, 4.69) is 0 Å². The van der Waals surface area contributed by atoms with Gasteiger partial charge in [0.05, 0.1) is 0 Å². The van der Waals surface area contributed by atoms with Crippen molar-refractivity contribution in [2.24, 2.45) is 0 Å². The highest BCUT2D eigenvalue weighted by Gasteiger charge is 2.04. The van der Waals surface area contributed by atoms with Crippen LogP contribution in [0.5, 0.6) is 0 Å². The summed E-state index contributed by atoms with van der Waals surface area (Å²) in [6, 6.07) is 0. The first kappa shape index (κ1) is 9.40. The van der Waals surface area contributed by atoms with Gasteiger partial charge < -0.3 is 0 Å². The van der Waals surface area contributed by atoms with Gasteiger partial charge in [0.2, 0.25) is 0 Å². The van der Waals surface area contributed by atoms with Crippen LogP contribution in [0.25, 0.3) is 0 Å². The SMILES string of the molecule is O=P(O)(O)F.[O]. The Kier molecular flexibility index (Phi) is 3.53. The number of halogens is 1. The van der Waals surface area contributed by atoms with Crippen molar-refractivity contribution < 1.29 is 24.0 Å². The fourth-order valence-corrected chi connectivity index (χ4v) is 0. The summed E-state index contributed by atoms with van der Waals surface area (Å²) in [5.41, 5.74) is 0. The van der Waals surface area contributed by atoms with Crippen LogP contribution in [0, 0.1) is 0 Å². The van der Waals surface area contributed by atoms with Crippen molar-refractivity contribution in [2.75, 3.05) is 0 Å². The first-order valence-corrected chi connectivity index (χ1v) is 2.25. The molecule has 4 nitrogen and oxygen atoms in total. The van der Waals surface area contributed by atoms with Crippen LogP contribution in [0.2, 0.25) is 0 Å². The molecule has 0 bridgehead atoms. The fraction of sp³-hybridized carbons (Fsp3) is 0. The number of rotatable bonds is 0. The largest absolute Gasteiger partial charge is 0.507 e. The van der Waals surface area contributed by atoms with E-state index in [0.717, 1.165) is 0 Å². The average Bonchev–Trinajstić information content (AvgIpc) is 0.722. The van der Waals surface area contributed by atoms with Gasteiger partial charge in [-0.25, -0.2) is 4.57 Å². The first-order chi connectivity index (χ1) is 2.00. The van der Waals surface area contributed by atoms with Crippen molar-refractivity contribution in [1.29, 1.82) is 0 Å². The third-order valence-electron chi connectivity index (χ3n) is 0. The Morgan fingerprint density at radius 1 is 1.50 bits per heavy atom. The minimum absolute atomic E-state index is 0. The van der Waals surface area contributed by atoms with Gasteiger partial charge in [0, 0.05) is 5.48 Å². The smallest absolute Gasteiger partial charge is 0.299 e. The van der Waals surface area contributed by atoms with E-state index in [9.17, 15) is 4.20 Å². The third kappa shape index (κ3) is 23300. The molecule has 0 aromatic heterocycles. The van der Waals surface area contributed by atoms with Gasteiger partial charge in [0.15, 0.2) is 0 Å². The van der Waals surface area contributed by atoms with E-state index in [1.165, 1.54) is 0 Å². The lowest BCUT2D eigenvalue weighted by molar-refractivity contribution is 0.322. The summed E-state index contributed by atoms with van der Waals surface area (Å²) >= 11 is 0. The minimum Gasteiger partial charge on any atom is -0.299 e. The normalized spacial score (nSPS) is 9.83. The van der Waals surface area contributed by atoms with E-state index >= 15 is 0 Å². The third-order valence-corrected chi connectivity index (χ3v) is 0. The molecule has 0 unspecified atom stereocenters. The zero-order valence-electron chi connectivity index (χ0n) is 2.54. The Bertz CT molecular complexity index is 53.7. The fourth-order valence-electron chi connectivity index (χ4n) is 0. The van der Waals surface area contributed by atoms with Gasteiger partial charge >= 0.3 is 7.91 Å². The second-order valence-corrected chi connectivity index (χ2v) is 1.42. The van der Waals surface area contributed by atoms with Gasteiger partial charge in [-0.1, -0.05) is 0 Å². The molecule has 6 heavy (non-hydrogen) atoms. The summed E-state index contributed by atoms with van der Waals surface area (Å²) in [4.78, 5) is 13.9. The summed E-state index contributed by atoms with van der Waals surface area (Å²) < 4.78 is 19.0. The molecule has 0 aliphatic heterocycles. The standard InChI is InChI=1S/FH2O3P.O/c1-5(2,3)4;/h(H2,2,3,4);. The van der Waals surface area contributed by atoms with Gasteiger partial charge in [0.25, 0.3) is 0 Å². The van der Waals surface area contributed by atoms with Crippen LogP contribution in [-0.4, -0.2) is 9.79 Å². The van der Waals surface area contributed by atoms with Crippen LogP contribution in [0.15, 0.2) is 0 Å². The summed E-state index contributed by atoms with van der Waals surface area (Å²) in [6.45, 7) is 0. The molecule has 0 saturated heterocycles. The van der Waals surface area contributed by atoms with Crippen LogP contribution in [0.4, 0.5) is 4.20 Å². The second kappa shape index (κ2) is 2.25. The molecule has 0 aromatic carbocycles. The zero-order chi connectivity index (χ0) is 4.50. The van der Waals surface area contributed by atoms with Crippen molar-refractivity contribution >= 4 is 7.91 Å². The predicted molar refractivity (Wildman–Crippen MR) is 13.8 cm³/mol. The molecule has 0 atom stereocenters. The van der Waals surface area contributed by atoms with Crippen LogP contribution >= 0.6 is 7.91 Å². The van der Waals surface area contributed by atoms with E-state index < -0.39 is 7.91 Å². The summed E-state index contributed by atoms with van der Waals surface area (Å²) in [6.07, 6.45) is 0. The maximum Gasteiger partial charge on any atom is 0.507 e. The summed E-state index contributed by atoms with van der Waals surface area (Å²) in [7, 11) is -5.14. The van der Waals surface area contributed by atoms with Crippen molar-refractivity contribution in [2.45, 2.75) is 0 Å². The molecule has 0 saturated carbocycles. The highest BCUT2D eigenvalue weighted by atomic mass is 31.2. The van der Waals surface area contributed by atoms with E-state index in [0.29, 0.717) is 0 Å². The Labute approximate surface area is 33.2 Å². The topological polar surface area (TPSA) is 86.0 Å². The molecule has 0 fully saturated rings. The molecule has 2 N–H and O–H groups in total. The first-order valence-electron chi connectivity index (χ1n) is 0.752. The van der Waals surface area contributed by atoms with Gasteiger partial charge in [0.1, 0.15) is 0 Å². The maximum atomic E-state index is 10.4. The van der Waals surface area contributed by atoms with Crippen LogP contribution in [-0.2, 0) is 10.0 Å². The lowest BCUT2D eigenvalue weighted by atomic mass is 15.8. The molecule has 6 heteroatoms. The lowest BCUT2D eigenvalue weighted by Gasteiger charge is -1.77. The van der Waals surface area contributed by atoms with E-state index in [1.54, 1.807) is 0 Å². The Balaban J connectivity index is 0. The lowest BCUT2D eigenvalue weighted by Crippen LogP contribution is -1.56. The molecule has 0 aliphatic carbocycles. The Morgan fingerprint density at radius 2 is 1.50 bits per heavy atom. The van der Waals surface area contributed by atoms with Crippen LogP contribution in [0.3, 0.4) is 0 Å². The molecular formula is H2FO4P. The van der Waals surface area contributed by atoms with Crippen molar-refractivity contribution in [3.8, 4) is 0 Å². The predicted octanol–water partition coefficient (Wildman–Crippen LogP) is -0.0702. The van der Waals surface area contributed by atoms with E-state index in [4.69, 9.17) is 14.4 Å². The monoisotopic (exact) mass is 116 g/mol. The molecule has 0 rings (SSSR count). The molecule has 0 aromatic rings. The Hall–Kier alpha value is 0.0400. The zero-order valence-corrected chi connectivity index (χ0v) is 3.43. The van der Waals surface area contributed by atoms with Crippen LogP contribution < -0.4 is 0 Å². The molecule has 0 spiro atoms. The van der Waals surface area contributed by atoms with Crippen molar-refractivity contribution in [3.63, 3.8) is 0 Å². The molecule has 2 radical (unpaired) electrons. The van der Waals surface area contributed by atoms with Gasteiger partial charge in [-0.05, 0) is 0 Å². The van der Waals surface area contributed by atoms with Gasteiger partial charge in [-0.2, -0.15) is 0 Å². The van der Waals surface area contributed by atoms with E-state index in [-0.39, 0.29) is 5.48 Å². The maximum absolute atomic E-state index is 10.4. The van der Waals surface area contributed by atoms with Crippen molar-refractivity contribution in [1.82, 2.24) is 0 Å². The number of hydrogen-bond donors (Lipinski definition) is 2. The number of hydrogen-bond acceptors (Lipinski definition) is 1. The summed E-state index contributed by atoms with van der Waals surface area (Å²) in [5, 5.41) is 0. The van der Waals surface area contributed by atoms with Crippen molar-refractivity contribution in [3.05, 3.63) is 0 Å². The molecule has 38 valence electrons. The van der Waals surface area contributed by atoms with Crippen LogP contribution in [0.1, 0.15) is 0 Å². The second-order valence-electron chi connectivity index (χ2n) is 0.473. The highest BCUT2D eigenvalue weighted by molar-refractivity contribution is 7.45. The minimum atomic E-state index is -5.14. The molecule has 0 aliphatic rings. The quantitative estimate of drug-likeness (QED) is 0.434. The van der Waals surface area contributed by atoms with Gasteiger partial charge in [-0.3, -0.25) is 9.79 Å². The molecule has 0 heterocycles. The molecule has 0 amide bonds.